The van der Waals surface area contributed by atoms with Crippen molar-refractivity contribution in [3.05, 3.63) is 40.0 Å². The first-order valence-corrected chi connectivity index (χ1v) is 11.4. The number of nitrogens with one attached hydrogen (secondary N) is 1. The Morgan fingerprint density at radius 3 is 2.67 bits per heavy atom. The summed E-state index contributed by atoms with van der Waals surface area (Å²) in [6.45, 7) is 3.08. The number of carbonyl (C=O) groups excluding carboxylic acids is 1. The van der Waals surface area contributed by atoms with Gasteiger partial charge >= 0.3 is 12.3 Å². The number of amides is 1. The first-order chi connectivity index (χ1) is 15.7. The predicted molar refractivity (Wildman–Crippen MR) is 121 cm³/mol. The lowest BCUT2D eigenvalue weighted by molar-refractivity contribution is -0.171. The fourth-order valence-electron chi connectivity index (χ4n) is 3.07. The van der Waals surface area contributed by atoms with E-state index in [0.717, 1.165) is 27.7 Å². The molecule has 1 aliphatic heterocycles. The molecule has 1 unspecified atom stereocenters. The third-order valence-electron chi connectivity index (χ3n) is 4.65. The van der Waals surface area contributed by atoms with E-state index in [1.54, 1.807) is 23.5 Å². The fourth-order valence-corrected chi connectivity index (χ4v) is 4.82. The molecule has 174 valence electrons. The molecule has 0 bridgehead atoms. The van der Waals surface area contributed by atoms with Crippen molar-refractivity contribution in [2.75, 3.05) is 11.9 Å². The number of thiazole rings is 2. The Labute approximate surface area is 196 Å². The maximum absolute atomic E-state index is 13.1. The smallest absolute Gasteiger partial charge is 0.412 e. The third-order valence-corrected chi connectivity index (χ3v) is 6.73. The van der Waals surface area contributed by atoms with Gasteiger partial charge in [-0.05, 0) is 25.0 Å². The highest BCUT2D eigenvalue weighted by atomic mass is 32.1. The Morgan fingerprint density at radius 1 is 1.30 bits per heavy atom. The number of halogens is 3. The molecule has 3 aromatic heterocycles. The van der Waals surface area contributed by atoms with Crippen LogP contribution >= 0.6 is 22.7 Å². The number of hydrogen-bond donors (Lipinski definition) is 1. The minimum absolute atomic E-state index is 0.234. The molecule has 0 saturated carbocycles. The van der Waals surface area contributed by atoms with E-state index >= 15 is 0 Å². The number of alkyl halides is 3. The van der Waals surface area contributed by atoms with Crippen molar-refractivity contribution in [1.29, 1.82) is 0 Å². The monoisotopic (exact) mass is 495 g/mol. The molecule has 1 atom stereocenters. The minimum atomic E-state index is -4.54. The van der Waals surface area contributed by atoms with Crippen LogP contribution in [0.4, 0.5) is 28.9 Å². The molecule has 1 amide bonds. The molecule has 1 N–H and O–H groups in total. The van der Waals surface area contributed by atoms with Gasteiger partial charge in [0.05, 0.1) is 27.8 Å². The molecule has 3 aromatic rings. The number of hydrogen-bond acceptors (Lipinski definition) is 8. The molecular weight excluding hydrogens is 475 g/mol. The second-order valence-electron chi connectivity index (χ2n) is 6.85. The third kappa shape index (κ3) is 5.61. The lowest BCUT2D eigenvalue weighted by Gasteiger charge is -2.23. The van der Waals surface area contributed by atoms with Crippen LogP contribution in [0, 0.1) is 19.8 Å². The zero-order chi connectivity index (χ0) is 24.2. The Morgan fingerprint density at radius 2 is 2.06 bits per heavy atom. The van der Waals surface area contributed by atoms with Gasteiger partial charge in [-0.3, -0.25) is 4.90 Å². The van der Waals surface area contributed by atoms with Crippen molar-refractivity contribution in [3.8, 4) is 23.4 Å². The van der Waals surface area contributed by atoms with Crippen LogP contribution in [0.3, 0.4) is 0 Å². The largest absolute Gasteiger partial charge is 0.447 e. The van der Waals surface area contributed by atoms with Crippen molar-refractivity contribution in [3.63, 3.8) is 0 Å². The summed E-state index contributed by atoms with van der Waals surface area (Å²) in [5.41, 5.74) is 2.24. The summed E-state index contributed by atoms with van der Waals surface area (Å²) in [6.07, 6.45) is 4.77. The van der Waals surface area contributed by atoms with Gasteiger partial charge in [0.2, 0.25) is 0 Å². The van der Waals surface area contributed by atoms with Crippen LogP contribution in [0.5, 0.6) is 0 Å². The zero-order valence-electron chi connectivity index (χ0n) is 17.7. The minimum Gasteiger partial charge on any atom is -0.447 e. The van der Waals surface area contributed by atoms with Crippen molar-refractivity contribution in [2.24, 2.45) is 0 Å². The topological polar surface area (TPSA) is 80.2 Å². The lowest BCUT2D eigenvalue weighted by Crippen LogP contribution is -2.43. The first-order valence-electron chi connectivity index (χ1n) is 9.72. The predicted octanol–water partition coefficient (Wildman–Crippen LogP) is 5.41. The van der Waals surface area contributed by atoms with Gasteiger partial charge in [0, 0.05) is 11.6 Å². The summed E-state index contributed by atoms with van der Waals surface area (Å²) in [5.74, 6) is 0.497. The molecule has 12 heteroatoms. The maximum Gasteiger partial charge on any atom is 0.412 e. The van der Waals surface area contributed by atoms with Gasteiger partial charge in [0.15, 0.2) is 11.2 Å². The van der Waals surface area contributed by atoms with E-state index in [0.29, 0.717) is 21.4 Å². The SMILES string of the molecule is C#C.CCc1nc(C)c(-c2csc(Nc3ccc(CN4C(=O)OCC4C(F)(F)F)cn3)n2)s1. The number of cyclic esters (lactones) is 1. The summed E-state index contributed by atoms with van der Waals surface area (Å²) < 4.78 is 43.7. The van der Waals surface area contributed by atoms with Crippen LogP contribution in [0.1, 0.15) is 23.2 Å². The van der Waals surface area contributed by atoms with Crippen molar-refractivity contribution < 1.29 is 22.7 Å². The van der Waals surface area contributed by atoms with Crippen molar-refractivity contribution in [2.45, 2.75) is 39.0 Å². The molecule has 0 radical (unpaired) electrons. The van der Waals surface area contributed by atoms with Gasteiger partial charge in [-0.25, -0.2) is 19.7 Å². The van der Waals surface area contributed by atoms with E-state index in [4.69, 9.17) is 0 Å². The van der Waals surface area contributed by atoms with Gasteiger partial charge in [-0.15, -0.1) is 35.5 Å². The first kappa shape index (κ1) is 24.5. The molecule has 4 rings (SSSR count). The summed E-state index contributed by atoms with van der Waals surface area (Å²) in [4.78, 5) is 26.7. The Balaban J connectivity index is 0.00000149. The molecule has 33 heavy (non-hydrogen) atoms. The van der Waals surface area contributed by atoms with Gasteiger partial charge in [-0.1, -0.05) is 13.0 Å². The molecule has 1 saturated heterocycles. The van der Waals surface area contributed by atoms with Gasteiger partial charge < -0.3 is 10.1 Å². The van der Waals surface area contributed by atoms with Crippen LogP contribution in [-0.2, 0) is 17.7 Å². The van der Waals surface area contributed by atoms with Gasteiger partial charge in [0.25, 0.3) is 0 Å². The van der Waals surface area contributed by atoms with E-state index < -0.39 is 24.9 Å². The summed E-state index contributed by atoms with van der Waals surface area (Å²) >= 11 is 3.04. The number of aromatic nitrogens is 3. The average molecular weight is 496 g/mol. The lowest BCUT2D eigenvalue weighted by atomic mass is 10.2. The van der Waals surface area contributed by atoms with Crippen molar-refractivity contribution >= 4 is 39.7 Å². The van der Waals surface area contributed by atoms with Crippen LogP contribution in [0.15, 0.2) is 23.7 Å². The number of rotatable bonds is 6. The number of carbonyl (C=O) groups is 1. The highest BCUT2D eigenvalue weighted by Crippen LogP contribution is 2.34. The molecule has 1 aliphatic rings. The zero-order valence-corrected chi connectivity index (χ0v) is 19.4. The molecule has 1 fully saturated rings. The van der Waals surface area contributed by atoms with Gasteiger partial charge in [0.1, 0.15) is 12.4 Å². The summed E-state index contributed by atoms with van der Waals surface area (Å²) in [7, 11) is 0. The van der Waals surface area contributed by atoms with E-state index in [1.165, 1.54) is 17.5 Å². The second kappa shape index (κ2) is 10.2. The second-order valence-corrected chi connectivity index (χ2v) is 8.79. The molecule has 7 nitrogen and oxygen atoms in total. The average Bonchev–Trinajstić information content (AvgIpc) is 3.49. The number of ether oxygens (including phenoxy) is 1. The number of terminal acetylenes is 1. The molecule has 0 spiro atoms. The number of nitrogens with zero attached hydrogens (tertiary/aromatic N) is 4. The van der Waals surface area contributed by atoms with E-state index in [9.17, 15) is 18.0 Å². The summed E-state index contributed by atoms with van der Waals surface area (Å²) in [6, 6.07) is 1.30. The highest BCUT2D eigenvalue weighted by Gasteiger charge is 2.50. The van der Waals surface area contributed by atoms with Crippen LogP contribution < -0.4 is 5.32 Å². The van der Waals surface area contributed by atoms with E-state index in [2.05, 4.69) is 44.8 Å². The fraction of sp³-hybridized carbons (Fsp3) is 0.333. The Bertz CT molecular complexity index is 1130. The van der Waals surface area contributed by atoms with E-state index in [-0.39, 0.29) is 6.54 Å². The molecule has 4 heterocycles. The normalized spacial score (nSPS) is 15.7. The number of aryl methyl sites for hydroxylation is 2. The maximum atomic E-state index is 13.1. The molecular formula is C21H20F3N5O2S2. The quantitative estimate of drug-likeness (QED) is 0.461. The standard InChI is InChI=1S/C19H18F3N5O2S2.C2H2/c1-3-15-24-10(2)16(31-15)12-9-30-17(25-12)26-14-5-4-11(6-23-14)7-27-13(19(20,21)22)8-29-18(27)28;1-2/h4-6,9,13H,3,7-8H2,1-2H3,(H,23,25,26);1-2H. The van der Waals surface area contributed by atoms with Gasteiger partial charge in [-0.2, -0.15) is 13.2 Å². The Kier molecular flexibility index (Phi) is 7.55. The van der Waals surface area contributed by atoms with Crippen LogP contribution in [0.2, 0.25) is 0 Å². The number of anilines is 2. The summed E-state index contributed by atoms with van der Waals surface area (Å²) in [5, 5.41) is 6.73. The molecule has 0 aromatic carbocycles. The number of pyridine rings is 1. The highest BCUT2D eigenvalue weighted by molar-refractivity contribution is 7.16. The molecule has 0 aliphatic carbocycles. The Hall–Kier alpha value is -3.17. The van der Waals surface area contributed by atoms with E-state index in [1.807, 2.05) is 12.3 Å². The van der Waals surface area contributed by atoms with Crippen LogP contribution in [-0.4, -0.2) is 44.8 Å². The van der Waals surface area contributed by atoms with Crippen LogP contribution in [0.25, 0.3) is 10.6 Å². The van der Waals surface area contributed by atoms with Crippen molar-refractivity contribution in [1.82, 2.24) is 19.9 Å².